The third kappa shape index (κ3) is 3.11. The predicted molar refractivity (Wildman–Crippen MR) is 98.9 cm³/mol. The second kappa shape index (κ2) is 6.74. The van der Waals surface area contributed by atoms with Gasteiger partial charge in [-0.1, -0.05) is 12.1 Å². The molecule has 0 unspecified atom stereocenters. The average molecular weight is 322 g/mol. The summed E-state index contributed by atoms with van der Waals surface area (Å²) in [5.41, 5.74) is 4.00. The summed E-state index contributed by atoms with van der Waals surface area (Å²) in [5.74, 6) is 0.818. The molecule has 0 fully saturated rings. The summed E-state index contributed by atoms with van der Waals surface area (Å²) < 4.78 is 0. The van der Waals surface area contributed by atoms with Crippen molar-refractivity contribution >= 4 is 23.2 Å². The number of rotatable bonds is 3. The third-order valence-electron chi connectivity index (χ3n) is 4.30. The monoisotopic (exact) mass is 322 g/mol. The molecular formula is C19H22N4O. The molecule has 0 saturated carbocycles. The number of amides is 2. The topological polar surface area (TPSA) is 48.5 Å². The van der Waals surface area contributed by atoms with E-state index in [4.69, 9.17) is 0 Å². The first-order valence-electron chi connectivity index (χ1n) is 8.07. The lowest BCUT2D eigenvalue weighted by Gasteiger charge is -2.36. The number of aromatic nitrogens is 1. The molecule has 1 aromatic heterocycles. The van der Waals surface area contributed by atoms with Crippen LogP contribution in [0.25, 0.3) is 0 Å². The first-order valence-corrected chi connectivity index (χ1v) is 8.07. The lowest BCUT2D eigenvalue weighted by atomic mass is 10.1. The number of nitrogens with zero attached hydrogens (tertiary/aromatic N) is 3. The number of pyridine rings is 1. The highest BCUT2D eigenvalue weighted by molar-refractivity contribution is 6.04. The van der Waals surface area contributed by atoms with Gasteiger partial charge >= 0.3 is 6.03 Å². The molecule has 1 aliphatic rings. The zero-order valence-corrected chi connectivity index (χ0v) is 14.1. The molecule has 0 radical (unpaired) electrons. The second-order valence-electron chi connectivity index (χ2n) is 5.96. The van der Waals surface area contributed by atoms with Crippen molar-refractivity contribution in [2.24, 2.45) is 0 Å². The molecule has 0 atom stereocenters. The number of fused-ring (bicyclic) bond motifs is 1. The van der Waals surface area contributed by atoms with Gasteiger partial charge < -0.3 is 10.2 Å². The molecule has 0 aliphatic carbocycles. The number of hydrogen-bond donors (Lipinski definition) is 1. The molecule has 3 rings (SSSR count). The number of aryl methyl sites for hydroxylation is 2. The van der Waals surface area contributed by atoms with Gasteiger partial charge in [0.2, 0.25) is 0 Å². The van der Waals surface area contributed by atoms with Crippen LogP contribution in [0, 0.1) is 13.8 Å². The fraction of sp³-hybridized carbons (Fsp3) is 0.263. The summed E-state index contributed by atoms with van der Waals surface area (Å²) >= 11 is 0. The molecular weight excluding hydrogens is 300 g/mol. The fourth-order valence-corrected chi connectivity index (χ4v) is 2.84. The largest absolute Gasteiger partial charge is 0.349 e. The van der Waals surface area contributed by atoms with E-state index in [1.165, 1.54) is 5.56 Å². The van der Waals surface area contributed by atoms with Crippen molar-refractivity contribution in [2.75, 3.05) is 34.8 Å². The van der Waals surface area contributed by atoms with E-state index in [2.05, 4.69) is 28.7 Å². The van der Waals surface area contributed by atoms with Gasteiger partial charge in [-0.2, -0.15) is 0 Å². The Hall–Kier alpha value is -2.82. The standard InChI is InChI=1S/C19H22N4O/c1-4-10-22-11-12-23(17-6-5-9-20-18(17)22)19(24)21-16-8-7-14(2)15(3)13-16/h4-9,13H,1,10-12H2,2-3H3,(H,21,24). The molecule has 0 bridgehead atoms. The number of hydrogen-bond acceptors (Lipinski definition) is 3. The van der Waals surface area contributed by atoms with Crippen molar-refractivity contribution in [1.29, 1.82) is 0 Å². The Morgan fingerprint density at radius 3 is 2.88 bits per heavy atom. The van der Waals surface area contributed by atoms with Crippen LogP contribution in [0.3, 0.4) is 0 Å². The van der Waals surface area contributed by atoms with Gasteiger partial charge in [-0.05, 0) is 49.2 Å². The van der Waals surface area contributed by atoms with E-state index in [0.717, 1.165) is 35.8 Å². The number of benzene rings is 1. The van der Waals surface area contributed by atoms with Crippen LogP contribution in [0.15, 0.2) is 49.2 Å². The zero-order valence-electron chi connectivity index (χ0n) is 14.1. The van der Waals surface area contributed by atoms with Crippen LogP contribution in [0.4, 0.5) is 22.0 Å². The second-order valence-corrected chi connectivity index (χ2v) is 5.96. The predicted octanol–water partition coefficient (Wildman–Crippen LogP) is 3.74. The van der Waals surface area contributed by atoms with Crippen LogP contribution in [0.2, 0.25) is 0 Å². The molecule has 124 valence electrons. The third-order valence-corrected chi connectivity index (χ3v) is 4.30. The van der Waals surface area contributed by atoms with Crippen molar-refractivity contribution in [3.63, 3.8) is 0 Å². The Balaban J connectivity index is 1.83. The van der Waals surface area contributed by atoms with Gasteiger partial charge in [0.15, 0.2) is 5.82 Å². The highest BCUT2D eigenvalue weighted by atomic mass is 16.2. The molecule has 1 aliphatic heterocycles. The zero-order chi connectivity index (χ0) is 17.1. The molecule has 1 N–H and O–H groups in total. The first-order chi connectivity index (χ1) is 11.6. The molecule has 24 heavy (non-hydrogen) atoms. The fourth-order valence-electron chi connectivity index (χ4n) is 2.84. The van der Waals surface area contributed by atoms with Crippen LogP contribution < -0.4 is 15.1 Å². The molecule has 2 aromatic rings. The SMILES string of the molecule is C=CCN1CCN(C(=O)Nc2ccc(C)c(C)c2)c2cccnc21. The highest BCUT2D eigenvalue weighted by Crippen LogP contribution is 2.31. The lowest BCUT2D eigenvalue weighted by molar-refractivity contribution is 0.256. The van der Waals surface area contributed by atoms with Crippen LogP contribution >= 0.6 is 0 Å². The summed E-state index contributed by atoms with van der Waals surface area (Å²) in [6.07, 6.45) is 3.60. The lowest BCUT2D eigenvalue weighted by Crippen LogP contribution is -2.46. The van der Waals surface area contributed by atoms with Gasteiger partial charge in [0, 0.05) is 31.5 Å². The smallest absolute Gasteiger partial charge is 0.326 e. The van der Waals surface area contributed by atoms with E-state index in [0.29, 0.717) is 6.54 Å². The van der Waals surface area contributed by atoms with Crippen molar-refractivity contribution in [1.82, 2.24) is 4.98 Å². The summed E-state index contributed by atoms with van der Waals surface area (Å²) in [5, 5.41) is 2.99. The van der Waals surface area contributed by atoms with E-state index >= 15 is 0 Å². The van der Waals surface area contributed by atoms with Crippen molar-refractivity contribution < 1.29 is 4.79 Å². The summed E-state index contributed by atoms with van der Waals surface area (Å²) in [4.78, 5) is 21.1. The molecule has 1 aromatic carbocycles. The van der Waals surface area contributed by atoms with Gasteiger partial charge in [-0.3, -0.25) is 4.90 Å². The minimum Gasteiger partial charge on any atom is -0.349 e. The normalized spacial score (nSPS) is 13.4. The maximum Gasteiger partial charge on any atom is 0.326 e. The molecule has 0 saturated heterocycles. The Bertz CT molecular complexity index is 772. The molecule has 2 amide bonds. The maximum absolute atomic E-state index is 12.7. The molecule has 2 heterocycles. The van der Waals surface area contributed by atoms with Gasteiger partial charge in [0.25, 0.3) is 0 Å². The van der Waals surface area contributed by atoms with Gasteiger partial charge in [0.05, 0.1) is 5.69 Å². The van der Waals surface area contributed by atoms with Crippen molar-refractivity contribution in [2.45, 2.75) is 13.8 Å². The van der Waals surface area contributed by atoms with E-state index in [9.17, 15) is 4.79 Å². The van der Waals surface area contributed by atoms with E-state index < -0.39 is 0 Å². The minimum atomic E-state index is -0.134. The Kier molecular flexibility index (Phi) is 4.51. The Morgan fingerprint density at radius 1 is 1.29 bits per heavy atom. The minimum absolute atomic E-state index is 0.134. The van der Waals surface area contributed by atoms with Crippen LogP contribution in [0.5, 0.6) is 0 Å². The number of nitrogens with one attached hydrogen (secondary N) is 1. The maximum atomic E-state index is 12.7. The van der Waals surface area contributed by atoms with Crippen molar-refractivity contribution in [3.05, 3.63) is 60.3 Å². The summed E-state index contributed by atoms with van der Waals surface area (Å²) in [6.45, 7) is 9.95. The average Bonchev–Trinajstić information content (AvgIpc) is 2.58. The Labute approximate surface area is 142 Å². The molecule has 0 spiro atoms. The van der Waals surface area contributed by atoms with Crippen LogP contribution in [-0.2, 0) is 0 Å². The quantitative estimate of drug-likeness (QED) is 0.876. The molecule has 5 heteroatoms. The van der Waals surface area contributed by atoms with Gasteiger partial charge in [-0.25, -0.2) is 9.78 Å². The van der Waals surface area contributed by atoms with Gasteiger partial charge in [-0.15, -0.1) is 6.58 Å². The molecule has 5 nitrogen and oxygen atoms in total. The summed E-state index contributed by atoms with van der Waals surface area (Å²) in [7, 11) is 0. The summed E-state index contributed by atoms with van der Waals surface area (Å²) in [6, 6.07) is 9.58. The Morgan fingerprint density at radius 2 is 2.12 bits per heavy atom. The number of urea groups is 1. The van der Waals surface area contributed by atoms with E-state index in [1.54, 1.807) is 11.1 Å². The van der Waals surface area contributed by atoms with Gasteiger partial charge in [0.1, 0.15) is 0 Å². The van der Waals surface area contributed by atoms with Crippen LogP contribution in [-0.4, -0.2) is 30.6 Å². The van der Waals surface area contributed by atoms with E-state index in [1.807, 2.05) is 43.3 Å². The van der Waals surface area contributed by atoms with Crippen molar-refractivity contribution in [3.8, 4) is 0 Å². The number of carbonyl (C=O) groups is 1. The van der Waals surface area contributed by atoms with E-state index in [-0.39, 0.29) is 6.03 Å². The number of anilines is 3. The highest BCUT2D eigenvalue weighted by Gasteiger charge is 2.27. The van der Waals surface area contributed by atoms with Crippen LogP contribution in [0.1, 0.15) is 11.1 Å². The first kappa shape index (κ1) is 16.1. The number of carbonyl (C=O) groups excluding carboxylic acids is 1.